The van der Waals surface area contributed by atoms with Crippen molar-refractivity contribution in [3.63, 3.8) is 0 Å². The predicted octanol–water partition coefficient (Wildman–Crippen LogP) is 12.8. The van der Waals surface area contributed by atoms with Crippen LogP contribution in [0.25, 0.3) is 0 Å². The lowest BCUT2D eigenvalue weighted by Crippen LogP contribution is -2.37. The Hall–Kier alpha value is -2.47. The summed E-state index contributed by atoms with van der Waals surface area (Å²) in [6.45, 7) is 6.75. The van der Waals surface area contributed by atoms with Crippen molar-refractivity contribution in [2.24, 2.45) is 5.73 Å². The Labute approximate surface area is 328 Å². The van der Waals surface area contributed by atoms with Gasteiger partial charge in [0.15, 0.2) is 0 Å². The molecular weight excluding hydrogens is 718 g/mol. The Kier molecular flexibility index (Phi) is 32.3. The Morgan fingerprint density at radius 1 is 0.630 bits per heavy atom. The van der Waals surface area contributed by atoms with E-state index in [1.165, 1.54) is 145 Å². The number of rotatable bonds is 32. The molecule has 1 rings (SSSR count). The van der Waals surface area contributed by atoms with Crippen molar-refractivity contribution in [1.82, 2.24) is 0 Å². The number of thiophene rings is 1. The SMILES string of the molecule is CCCCCCCCCCCCCCCC(=O)N(C(=O)CCCCCCCCCCCCCCC)c1sc(CN)cc1C(=O)OCC.O=C(O)C(F)(F)F. The molecule has 3 N–H and O–H groups in total. The summed E-state index contributed by atoms with van der Waals surface area (Å²) in [6, 6.07) is 1.68. The van der Waals surface area contributed by atoms with E-state index in [1.807, 2.05) is 0 Å². The van der Waals surface area contributed by atoms with Gasteiger partial charge < -0.3 is 15.6 Å². The number of halogens is 3. The van der Waals surface area contributed by atoms with Gasteiger partial charge in [-0.25, -0.2) is 14.5 Å². The fraction of sp³-hybridized carbons (Fsp3) is 0.810. The molecule has 0 bridgehead atoms. The molecule has 0 fully saturated rings. The minimum Gasteiger partial charge on any atom is -0.475 e. The smallest absolute Gasteiger partial charge is 0.475 e. The maximum absolute atomic E-state index is 13.6. The number of amides is 2. The number of hydrogen-bond donors (Lipinski definition) is 2. The van der Waals surface area contributed by atoms with Gasteiger partial charge in [-0.1, -0.05) is 168 Å². The number of ether oxygens (including phenoxy) is 1. The average molecular weight is 791 g/mol. The van der Waals surface area contributed by atoms with Crippen molar-refractivity contribution in [3.8, 4) is 0 Å². The van der Waals surface area contributed by atoms with E-state index in [0.717, 1.165) is 43.4 Å². The molecule has 8 nitrogen and oxygen atoms in total. The monoisotopic (exact) mass is 791 g/mol. The van der Waals surface area contributed by atoms with Gasteiger partial charge in [0, 0.05) is 24.3 Å². The molecule has 314 valence electrons. The van der Waals surface area contributed by atoms with E-state index in [0.29, 0.717) is 17.8 Å². The third-order valence-electron chi connectivity index (χ3n) is 9.39. The van der Waals surface area contributed by atoms with Gasteiger partial charge in [-0.15, -0.1) is 11.3 Å². The van der Waals surface area contributed by atoms with Crippen molar-refractivity contribution >= 4 is 40.1 Å². The molecule has 1 heterocycles. The second kappa shape index (κ2) is 33.8. The van der Waals surface area contributed by atoms with Gasteiger partial charge in [0.05, 0.1) is 12.2 Å². The van der Waals surface area contributed by atoms with Crippen molar-refractivity contribution in [2.45, 2.75) is 213 Å². The second-order valence-electron chi connectivity index (χ2n) is 14.3. The van der Waals surface area contributed by atoms with E-state index in [9.17, 15) is 27.6 Å². The largest absolute Gasteiger partial charge is 0.490 e. The van der Waals surface area contributed by atoms with Gasteiger partial charge >= 0.3 is 18.1 Å². The molecule has 0 aromatic carbocycles. The molecule has 0 spiro atoms. The summed E-state index contributed by atoms with van der Waals surface area (Å²) >= 11 is 1.26. The predicted molar refractivity (Wildman–Crippen MR) is 215 cm³/mol. The zero-order chi connectivity index (χ0) is 40.5. The van der Waals surface area contributed by atoms with E-state index in [-0.39, 0.29) is 30.5 Å². The first kappa shape index (κ1) is 51.5. The summed E-state index contributed by atoms with van der Waals surface area (Å²) in [5.41, 5.74) is 6.18. The maximum Gasteiger partial charge on any atom is 0.490 e. The van der Waals surface area contributed by atoms with Gasteiger partial charge in [0.25, 0.3) is 0 Å². The molecule has 0 aliphatic carbocycles. The number of imide groups is 1. The van der Waals surface area contributed by atoms with Crippen LogP contribution >= 0.6 is 11.3 Å². The van der Waals surface area contributed by atoms with Crippen molar-refractivity contribution in [2.75, 3.05) is 11.5 Å². The highest BCUT2D eigenvalue weighted by atomic mass is 32.1. The number of carbonyl (C=O) groups excluding carboxylic acids is 3. The van der Waals surface area contributed by atoms with Gasteiger partial charge in [-0.2, -0.15) is 13.2 Å². The number of alkyl halides is 3. The molecule has 0 unspecified atom stereocenters. The second-order valence-corrected chi connectivity index (χ2v) is 15.4. The molecule has 1 aromatic rings. The number of nitrogens with two attached hydrogens (primary N) is 1. The molecule has 0 atom stereocenters. The molecule has 0 saturated heterocycles. The van der Waals surface area contributed by atoms with Crippen LogP contribution < -0.4 is 10.6 Å². The van der Waals surface area contributed by atoms with Crippen LogP contribution in [0.2, 0.25) is 0 Å². The van der Waals surface area contributed by atoms with Crippen LogP contribution in [0.15, 0.2) is 6.07 Å². The lowest BCUT2D eigenvalue weighted by molar-refractivity contribution is -0.192. The fourth-order valence-corrected chi connectivity index (χ4v) is 7.29. The van der Waals surface area contributed by atoms with Crippen LogP contribution in [0.1, 0.15) is 216 Å². The van der Waals surface area contributed by atoms with Gasteiger partial charge in [0.2, 0.25) is 11.8 Å². The van der Waals surface area contributed by atoms with Crippen LogP contribution in [-0.2, 0) is 25.7 Å². The molecule has 2 amide bonds. The van der Waals surface area contributed by atoms with Crippen molar-refractivity contribution in [1.29, 1.82) is 0 Å². The van der Waals surface area contributed by atoms with Gasteiger partial charge in [-0.3, -0.25) is 9.59 Å². The van der Waals surface area contributed by atoms with E-state index < -0.39 is 18.1 Å². The van der Waals surface area contributed by atoms with Gasteiger partial charge in [0.1, 0.15) is 5.00 Å². The minimum atomic E-state index is -5.08. The Morgan fingerprint density at radius 3 is 1.22 bits per heavy atom. The summed E-state index contributed by atoms with van der Waals surface area (Å²) in [4.78, 5) is 50.9. The molecule has 12 heteroatoms. The molecule has 0 saturated carbocycles. The number of carboxylic acids is 1. The first-order valence-corrected chi connectivity index (χ1v) is 21.9. The van der Waals surface area contributed by atoms with E-state index in [4.69, 9.17) is 20.4 Å². The van der Waals surface area contributed by atoms with Gasteiger partial charge in [-0.05, 0) is 25.8 Å². The number of anilines is 1. The highest BCUT2D eigenvalue weighted by Crippen LogP contribution is 2.34. The molecular formula is C42H73F3N2O6S. The average Bonchev–Trinajstić information content (AvgIpc) is 3.56. The molecule has 0 aliphatic rings. The molecule has 0 aliphatic heterocycles. The number of carbonyl (C=O) groups is 4. The Bertz CT molecular complexity index is 1090. The molecule has 54 heavy (non-hydrogen) atoms. The highest BCUT2D eigenvalue weighted by molar-refractivity contribution is 7.17. The zero-order valence-electron chi connectivity index (χ0n) is 33.8. The lowest BCUT2D eigenvalue weighted by atomic mass is 10.0. The van der Waals surface area contributed by atoms with E-state index >= 15 is 0 Å². The lowest BCUT2D eigenvalue weighted by Gasteiger charge is -2.21. The van der Waals surface area contributed by atoms with E-state index in [1.54, 1.807) is 13.0 Å². The number of unbranched alkanes of at least 4 members (excludes halogenated alkanes) is 24. The highest BCUT2D eigenvalue weighted by Gasteiger charge is 2.38. The minimum absolute atomic E-state index is 0.219. The summed E-state index contributed by atoms with van der Waals surface area (Å²) in [5.74, 6) is -3.70. The summed E-state index contributed by atoms with van der Waals surface area (Å²) in [5, 5.41) is 7.50. The van der Waals surface area contributed by atoms with Crippen LogP contribution in [0.3, 0.4) is 0 Å². The molecule has 1 aromatic heterocycles. The summed E-state index contributed by atoms with van der Waals surface area (Å²) < 4.78 is 37.0. The topological polar surface area (TPSA) is 127 Å². The number of aliphatic carboxylic acids is 1. The standard InChI is InChI=1S/C40H72N2O4S.C2HF3O2/c1-4-7-9-11-13-15-17-19-21-23-25-27-29-31-37(43)42(39-36(40(45)46-6-3)33-35(34-41)47-39)38(44)32-30-28-26-24-22-20-18-16-14-12-10-8-5-2;3-2(4,5)1(6)7/h33H,4-32,34,41H2,1-3H3;(H,6,7). The number of esters is 1. The fourth-order valence-electron chi connectivity index (χ4n) is 6.23. The first-order chi connectivity index (χ1) is 25.9. The maximum atomic E-state index is 13.6. The normalized spacial score (nSPS) is 11.2. The van der Waals surface area contributed by atoms with Crippen LogP contribution in [0.5, 0.6) is 0 Å². The Morgan fingerprint density at radius 2 is 0.944 bits per heavy atom. The van der Waals surface area contributed by atoms with Crippen LogP contribution in [0, 0.1) is 0 Å². The third kappa shape index (κ3) is 26.4. The zero-order valence-corrected chi connectivity index (χ0v) is 34.7. The number of carboxylic acid groups (broad SMARTS) is 1. The first-order valence-electron chi connectivity index (χ1n) is 21.1. The molecule has 0 radical (unpaired) electrons. The summed E-state index contributed by atoms with van der Waals surface area (Å²) in [6.07, 6.45) is 27.7. The number of nitrogens with zero attached hydrogens (tertiary/aromatic N) is 1. The quantitative estimate of drug-likeness (QED) is 0.0549. The Balaban J connectivity index is 0.00000363. The van der Waals surface area contributed by atoms with Crippen LogP contribution in [-0.4, -0.2) is 41.6 Å². The summed E-state index contributed by atoms with van der Waals surface area (Å²) in [7, 11) is 0. The van der Waals surface area contributed by atoms with E-state index in [2.05, 4.69) is 13.8 Å². The van der Waals surface area contributed by atoms with Crippen molar-refractivity contribution in [3.05, 3.63) is 16.5 Å². The third-order valence-corrected chi connectivity index (χ3v) is 10.5. The number of hydrogen-bond acceptors (Lipinski definition) is 7. The van der Waals surface area contributed by atoms with Crippen molar-refractivity contribution < 1.29 is 42.2 Å². The van der Waals surface area contributed by atoms with Crippen LogP contribution in [0.4, 0.5) is 18.2 Å².